The van der Waals surface area contributed by atoms with Crippen LogP contribution in [0, 0.1) is 10.1 Å². The van der Waals surface area contributed by atoms with Crippen molar-refractivity contribution in [1.29, 1.82) is 0 Å². The largest absolute Gasteiger partial charge is 0.481 e. The third-order valence-corrected chi connectivity index (χ3v) is 1.66. The topological polar surface area (TPSA) is 97.5 Å². The van der Waals surface area contributed by atoms with E-state index in [0.717, 1.165) is 0 Å². The summed E-state index contributed by atoms with van der Waals surface area (Å²) in [6, 6.07) is 2.70. The van der Waals surface area contributed by atoms with Gasteiger partial charge < -0.3 is 15.2 Å². The van der Waals surface area contributed by atoms with Crippen molar-refractivity contribution in [3.05, 3.63) is 22.2 Å². The number of hydrogen-bond donors (Lipinski definition) is 2. The van der Waals surface area contributed by atoms with Crippen LogP contribution in [0.1, 0.15) is 0 Å². The van der Waals surface area contributed by atoms with Gasteiger partial charge >= 0.3 is 5.69 Å². The molecule has 0 aliphatic heterocycles. The van der Waals surface area contributed by atoms with E-state index in [0.29, 0.717) is 0 Å². The summed E-state index contributed by atoms with van der Waals surface area (Å²) >= 11 is 0. The van der Waals surface area contributed by atoms with Gasteiger partial charge in [-0.15, -0.1) is 0 Å². The van der Waals surface area contributed by atoms with Crippen LogP contribution in [0.4, 0.5) is 11.5 Å². The van der Waals surface area contributed by atoms with Crippen molar-refractivity contribution in [2.75, 3.05) is 25.6 Å². The van der Waals surface area contributed by atoms with Crippen LogP contribution in [-0.2, 0) is 0 Å². The molecule has 0 aromatic carbocycles. The molecule has 0 aliphatic rings. The molecule has 0 radical (unpaired) electrons. The number of nitro groups is 1. The molecule has 7 nitrogen and oxygen atoms in total. The first-order valence-electron chi connectivity index (χ1n) is 4.23. The first-order valence-corrected chi connectivity index (χ1v) is 4.23. The third-order valence-electron chi connectivity index (χ3n) is 1.66. The van der Waals surface area contributed by atoms with Crippen LogP contribution in [0.15, 0.2) is 12.1 Å². The summed E-state index contributed by atoms with van der Waals surface area (Å²) in [5.41, 5.74) is -0.149. The molecule has 1 aromatic heterocycles. The lowest BCUT2D eigenvalue weighted by atomic mass is 10.4. The summed E-state index contributed by atoms with van der Waals surface area (Å²) < 4.78 is 4.83. The average molecular weight is 213 g/mol. The van der Waals surface area contributed by atoms with Crippen LogP contribution in [0.5, 0.6) is 5.88 Å². The fourth-order valence-corrected chi connectivity index (χ4v) is 0.999. The summed E-state index contributed by atoms with van der Waals surface area (Å²) in [6.07, 6.45) is 0. The van der Waals surface area contributed by atoms with Crippen molar-refractivity contribution in [3.63, 3.8) is 0 Å². The summed E-state index contributed by atoms with van der Waals surface area (Å²) in [4.78, 5) is 13.9. The highest BCUT2D eigenvalue weighted by Gasteiger charge is 2.15. The van der Waals surface area contributed by atoms with Crippen molar-refractivity contribution in [2.24, 2.45) is 0 Å². The minimum Gasteiger partial charge on any atom is -0.481 e. The Morgan fingerprint density at radius 1 is 1.67 bits per heavy atom. The normalized spacial score (nSPS) is 9.73. The summed E-state index contributed by atoms with van der Waals surface area (Å²) in [6.45, 7) is 0.0665. The van der Waals surface area contributed by atoms with Crippen LogP contribution in [0.3, 0.4) is 0 Å². The molecule has 7 heteroatoms. The Morgan fingerprint density at radius 3 is 2.93 bits per heavy atom. The van der Waals surface area contributed by atoms with E-state index < -0.39 is 4.92 Å². The van der Waals surface area contributed by atoms with E-state index in [9.17, 15) is 10.1 Å². The molecule has 0 saturated carbocycles. The van der Waals surface area contributed by atoms with Gasteiger partial charge in [-0.1, -0.05) is 0 Å². The van der Waals surface area contributed by atoms with Gasteiger partial charge in [0.2, 0.25) is 11.7 Å². The van der Waals surface area contributed by atoms with E-state index in [4.69, 9.17) is 9.84 Å². The van der Waals surface area contributed by atoms with E-state index in [2.05, 4.69) is 10.3 Å². The van der Waals surface area contributed by atoms with E-state index in [1.165, 1.54) is 19.2 Å². The van der Waals surface area contributed by atoms with Gasteiger partial charge in [-0.05, 0) is 0 Å². The molecule has 1 aromatic rings. The highest BCUT2D eigenvalue weighted by molar-refractivity contribution is 5.56. The van der Waals surface area contributed by atoms with Gasteiger partial charge in [-0.2, -0.15) is 4.98 Å². The van der Waals surface area contributed by atoms with Crippen molar-refractivity contribution < 1.29 is 14.8 Å². The fraction of sp³-hybridized carbons (Fsp3) is 0.375. The first-order chi connectivity index (χ1) is 7.19. The Bertz CT molecular complexity index is 356. The Morgan fingerprint density at radius 2 is 2.40 bits per heavy atom. The number of aromatic nitrogens is 1. The van der Waals surface area contributed by atoms with E-state index >= 15 is 0 Å². The molecule has 0 spiro atoms. The lowest BCUT2D eigenvalue weighted by Crippen LogP contribution is -2.09. The lowest BCUT2D eigenvalue weighted by molar-refractivity contribution is -0.384. The maximum Gasteiger partial charge on any atom is 0.311 e. The smallest absolute Gasteiger partial charge is 0.311 e. The SMILES string of the molecule is COc1ccc([N+](=O)[O-])c(NCCO)n1. The van der Waals surface area contributed by atoms with Gasteiger partial charge in [-0.3, -0.25) is 10.1 Å². The molecule has 1 rings (SSSR count). The number of nitrogens with zero attached hydrogens (tertiary/aromatic N) is 2. The van der Waals surface area contributed by atoms with Crippen molar-refractivity contribution in [2.45, 2.75) is 0 Å². The molecule has 1 heterocycles. The monoisotopic (exact) mass is 213 g/mol. The van der Waals surface area contributed by atoms with Gasteiger partial charge in [-0.25, -0.2) is 0 Å². The molecule has 0 saturated heterocycles. The molecule has 0 fully saturated rings. The molecule has 2 N–H and O–H groups in total. The van der Waals surface area contributed by atoms with Gasteiger partial charge in [0.05, 0.1) is 18.6 Å². The number of aliphatic hydroxyl groups excluding tert-OH is 1. The predicted octanol–water partition coefficient (Wildman–Crippen LogP) is 0.403. The van der Waals surface area contributed by atoms with Crippen molar-refractivity contribution in [3.8, 4) is 5.88 Å². The Labute approximate surface area is 85.9 Å². The second-order valence-corrected chi connectivity index (χ2v) is 2.63. The summed E-state index contributed by atoms with van der Waals surface area (Å²) in [5, 5.41) is 21.8. The van der Waals surface area contributed by atoms with Gasteiger partial charge in [0.15, 0.2) is 0 Å². The molecule has 0 unspecified atom stereocenters. The average Bonchev–Trinajstić information content (AvgIpc) is 2.25. The maximum absolute atomic E-state index is 10.6. The zero-order valence-electron chi connectivity index (χ0n) is 8.14. The van der Waals surface area contributed by atoms with Crippen molar-refractivity contribution >= 4 is 11.5 Å². The second-order valence-electron chi connectivity index (χ2n) is 2.63. The highest BCUT2D eigenvalue weighted by atomic mass is 16.6. The number of pyridine rings is 1. The first kappa shape index (κ1) is 11.2. The minimum atomic E-state index is -0.549. The van der Waals surface area contributed by atoms with Gasteiger partial charge in [0.1, 0.15) is 0 Å². The number of ether oxygens (including phenoxy) is 1. The Hall–Kier alpha value is -1.89. The number of methoxy groups -OCH3 is 1. The second kappa shape index (κ2) is 5.11. The molecule has 0 bridgehead atoms. The standard InChI is InChI=1S/C8H11N3O4/c1-15-7-3-2-6(11(13)14)8(10-7)9-4-5-12/h2-3,12H,4-5H2,1H3,(H,9,10). The minimum absolute atomic E-state index is 0.0911. The summed E-state index contributed by atoms with van der Waals surface area (Å²) in [7, 11) is 1.42. The molecule has 0 amide bonds. The van der Waals surface area contributed by atoms with E-state index in [1.54, 1.807) is 0 Å². The number of aliphatic hydroxyl groups is 1. The van der Waals surface area contributed by atoms with E-state index in [1.807, 2.05) is 0 Å². The Kier molecular flexibility index (Phi) is 3.81. The van der Waals surface area contributed by atoms with Crippen LogP contribution in [0.25, 0.3) is 0 Å². The number of anilines is 1. The Balaban J connectivity index is 2.99. The lowest BCUT2D eigenvalue weighted by Gasteiger charge is -2.05. The number of hydrogen-bond acceptors (Lipinski definition) is 6. The van der Waals surface area contributed by atoms with Crippen molar-refractivity contribution in [1.82, 2.24) is 4.98 Å². The predicted molar refractivity (Wildman–Crippen MR) is 53.0 cm³/mol. The zero-order valence-corrected chi connectivity index (χ0v) is 8.14. The molecule has 82 valence electrons. The molecule has 0 atom stereocenters. The number of rotatable bonds is 5. The quantitative estimate of drug-likeness (QED) is 0.542. The molecule has 15 heavy (non-hydrogen) atoms. The van der Waals surface area contributed by atoms with Crippen LogP contribution >= 0.6 is 0 Å². The molecular formula is C8H11N3O4. The highest BCUT2D eigenvalue weighted by Crippen LogP contribution is 2.24. The fourth-order valence-electron chi connectivity index (χ4n) is 0.999. The third kappa shape index (κ3) is 2.78. The summed E-state index contributed by atoms with van der Waals surface area (Å²) in [5.74, 6) is 0.370. The van der Waals surface area contributed by atoms with Gasteiger partial charge in [0.25, 0.3) is 0 Å². The maximum atomic E-state index is 10.6. The van der Waals surface area contributed by atoms with Crippen LogP contribution < -0.4 is 10.1 Å². The van der Waals surface area contributed by atoms with E-state index in [-0.39, 0.29) is 30.5 Å². The molecule has 0 aliphatic carbocycles. The van der Waals surface area contributed by atoms with Gasteiger partial charge in [0, 0.05) is 18.7 Å². The molecular weight excluding hydrogens is 202 g/mol. The zero-order chi connectivity index (χ0) is 11.3. The van der Waals surface area contributed by atoms with Crippen LogP contribution in [-0.4, -0.2) is 35.3 Å². The number of nitrogens with one attached hydrogen (secondary N) is 1. The van der Waals surface area contributed by atoms with Crippen LogP contribution in [0.2, 0.25) is 0 Å².